The summed E-state index contributed by atoms with van der Waals surface area (Å²) in [6.07, 6.45) is 7.29. The van der Waals surface area contributed by atoms with Gasteiger partial charge in [-0.2, -0.15) is 5.10 Å². The van der Waals surface area contributed by atoms with E-state index in [9.17, 15) is 9.59 Å². The molecule has 0 radical (unpaired) electrons. The number of halogens is 1. The lowest BCUT2D eigenvalue weighted by atomic mass is 9.45. The van der Waals surface area contributed by atoms with E-state index in [2.05, 4.69) is 57.4 Å². The molecule has 4 atom stereocenters. The Morgan fingerprint density at radius 1 is 1.30 bits per heavy atom. The first-order valence-electron chi connectivity index (χ1n) is 10.5. The Hall–Kier alpha value is -2.22. The first-order chi connectivity index (χ1) is 14.3. The summed E-state index contributed by atoms with van der Waals surface area (Å²) >= 11 is 3.45. The van der Waals surface area contributed by atoms with Crippen molar-refractivity contribution >= 4 is 27.5 Å². The van der Waals surface area contributed by atoms with E-state index in [-0.39, 0.29) is 11.5 Å². The average Bonchev–Trinajstić information content (AvgIpc) is 2.74. The number of hydrogen-bond acceptors (Lipinski definition) is 5. The van der Waals surface area contributed by atoms with E-state index in [1.54, 1.807) is 30.7 Å². The second-order valence-corrected chi connectivity index (χ2v) is 9.89. The summed E-state index contributed by atoms with van der Waals surface area (Å²) < 4.78 is 1.86. The zero-order valence-corrected chi connectivity index (χ0v) is 19.1. The predicted molar refractivity (Wildman–Crippen MR) is 119 cm³/mol. The van der Waals surface area contributed by atoms with Gasteiger partial charge in [-0.15, -0.1) is 0 Å². The van der Waals surface area contributed by atoms with Gasteiger partial charge in [-0.25, -0.2) is 4.68 Å². The van der Waals surface area contributed by atoms with Crippen LogP contribution in [0.25, 0.3) is 0 Å². The van der Waals surface area contributed by atoms with Crippen LogP contribution in [-0.2, 0) is 6.54 Å². The number of fused-ring (bicyclic) bond motifs is 2. The van der Waals surface area contributed by atoms with Gasteiger partial charge in [-0.05, 0) is 64.1 Å². The lowest BCUT2D eigenvalue weighted by Gasteiger charge is -2.62. The molecule has 0 unspecified atom stereocenters. The molecule has 0 spiro atoms. The second kappa shape index (κ2) is 8.13. The Balaban J connectivity index is 1.37. The Bertz CT molecular complexity index is 991. The van der Waals surface area contributed by atoms with Crippen molar-refractivity contribution < 1.29 is 4.79 Å². The van der Waals surface area contributed by atoms with Gasteiger partial charge in [0.2, 0.25) is 0 Å². The van der Waals surface area contributed by atoms with Gasteiger partial charge in [0, 0.05) is 30.5 Å². The van der Waals surface area contributed by atoms with Crippen molar-refractivity contribution in [1.29, 1.82) is 0 Å². The molecular formula is C22H28BrN5O2. The Morgan fingerprint density at radius 2 is 2.03 bits per heavy atom. The topological polar surface area (TPSA) is 88.9 Å². The SMILES string of the molecule is C[C@H]1[C@H]2C[C@H](C[C@H]1Nc1cnn(CCNC(=O)c3ccncc3)c(=O)c1Br)C2(C)C. The van der Waals surface area contributed by atoms with Crippen LogP contribution in [0.4, 0.5) is 5.69 Å². The number of hydrogen-bond donors (Lipinski definition) is 2. The summed E-state index contributed by atoms with van der Waals surface area (Å²) in [4.78, 5) is 28.7. The van der Waals surface area contributed by atoms with Gasteiger partial charge in [-0.3, -0.25) is 14.6 Å². The van der Waals surface area contributed by atoms with E-state index in [0.29, 0.717) is 40.5 Å². The molecule has 2 aromatic rings. The number of pyridine rings is 1. The predicted octanol–water partition coefficient (Wildman–Crippen LogP) is 3.31. The van der Waals surface area contributed by atoms with E-state index < -0.39 is 0 Å². The van der Waals surface area contributed by atoms with E-state index in [1.165, 1.54) is 11.1 Å². The van der Waals surface area contributed by atoms with Crippen molar-refractivity contribution in [3.8, 4) is 0 Å². The molecular weight excluding hydrogens is 446 g/mol. The van der Waals surface area contributed by atoms with Crippen molar-refractivity contribution in [1.82, 2.24) is 20.1 Å². The lowest BCUT2D eigenvalue weighted by molar-refractivity contribution is -0.105. The van der Waals surface area contributed by atoms with Gasteiger partial charge in [0.15, 0.2) is 0 Å². The van der Waals surface area contributed by atoms with E-state index >= 15 is 0 Å². The molecule has 0 aliphatic heterocycles. The van der Waals surface area contributed by atoms with E-state index in [4.69, 9.17) is 0 Å². The van der Waals surface area contributed by atoms with Crippen LogP contribution in [0.15, 0.2) is 40.0 Å². The molecule has 3 aliphatic carbocycles. The number of nitrogens with zero attached hydrogens (tertiary/aromatic N) is 3. The highest BCUT2D eigenvalue weighted by molar-refractivity contribution is 9.10. The van der Waals surface area contributed by atoms with Gasteiger partial charge < -0.3 is 10.6 Å². The van der Waals surface area contributed by atoms with Crippen LogP contribution in [0.2, 0.25) is 0 Å². The van der Waals surface area contributed by atoms with Crippen molar-refractivity contribution in [2.45, 2.75) is 46.2 Å². The van der Waals surface area contributed by atoms with Crippen LogP contribution >= 0.6 is 15.9 Å². The average molecular weight is 474 g/mol. The minimum atomic E-state index is -0.202. The molecule has 0 aromatic carbocycles. The number of rotatable bonds is 6. The summed E-state index contributed by atoms with van der Waals surface area (Å²) in [7, 11) is 0. The minimum Gasteiger partial charge on any atom is -0.380 e. The largest absolute Gasteiger partial charge is 0.380 e. The molecule has 1 amide bonds. The third-order valence-corrected chi connectivity index (χ3v) is 8.00. The first kappa shape index (κ1) is 21.0. The number of amides is 1. The minimum absolute atomic E-state index is 0.199. The maximum atomic E-state index is 12.7. The van der Waals surface area contributed by atoms with Crippen LogP contribution in [0.1, 0.15) is 44.0 Å². The normalized spacial score (nSPS) is 26.5. The number of aromatic nitrogens is 3. The molecule has 0 saturated heterocycles. The maximum Gasteiger partial charge on any atom is 0.283 e. The lowest BCUT2D eigenvalue weighted by Crippen LogP contribution is -2.58. The molecule has 3 aliphatic rings. The molecule has 30 heavy (non-hydrogen) atoms. The fraction of sp³-hybridized carbons (Fsp3) is 0.545. The number of carbonyl (C=O) groups excluding carboxylic acids is 1. The molecule has 3 saturated carbocycles. The fourth-order valence-electron chi connectivity index (χ4n) is 5.15. The molecule has 2 N–H and O–H groups in total. The molecule has 2 heterocycles. The smallest absolute Gasteiger partial charge is 0.283 e. The Morgan fingerprint density at radius 3 is 2.70 bits per heavy atom. The standard InChI is InChI=1S/C22H28BrN5O2/c1-13-16-10-15(22(16,2)3)11-17(13)27-18-12-26-28(21(30)19(18)23)9-8-25-20(29)14-4-6-24-7-5-14/h4-7,12-13,15-17,27H,8-11H2,1-3H3,(H,25,29)/t13-,15+,16+,17+/m0/s1. The summed E-state index contributed by atoms with van der Waals surface area (Å²) in [5.74, 6) is 1.83. The van der Waals surface area contributed by atoms with Crippen LogP contribution in [0.3, 0.4) is 0 Å². The Kier molecular flexibility index (Phi) is 5.70. The molecule has 5 rings (SSSR count). The summed E-state index contributed by atoms with van der Waals surface area (Å²) in [5.41, 5.74) is 1.51. The molecule has 7 nitrogen and oxygen atoms in total. The highest BCUT2D eigenvalue weighted by atomic mass is 79.9. The fourth-order valence-corrected chi connectivity index (χ4v) is 5.57. The molecule has 160 valence electrons. The quantitative estimate of drug-likeness (QED) is 0.671. The van der Waals surface area contributed by atoms with Crippen LogP contribution in [-0.4, -0.2) is 33.3 Å². The summed E-state index contributed by atoms with van der Waals surface area (Å²) in [6.45, 7) is 7.68. The van der Waals surface area contributed by atoms with Crippen molar-refractivity contribution in [2.75, 3.05) is 11.9 Å². The van der Waals surface area contributed by atoms with Crippen molar-refractivity contribution in [3.05, 3.63) is 51.1 Å². The summed E-state index contributed by atoms with van der Waals surface area (Å²) in [5, 5.41) is 10.7. The Labute approximate surface area is 184 Å². The number of carbonyl (C=O) groups is 1. The molecule has 2 aromatic heterocycles. The van der Waals surface area contributed by atoms with Gasteiger partial charge in [-0.1, -0.05) is 20.8 Å². The highest BCUT2D eigenvalue weighted by Gasteiger charge is 2.56. The van der Waals surface area contributed by atoms with Crippen LogP contribution in [0.5, 0.6) is 0 Å². The van der Waals surface area contributed by atoms with Gasteiger partial charge in [0.25, 0.3) is 11.5 Å². The van der Waals surface area contributed by atoms with E-state index in [1.807, 2.05) is 0 Å². The molecule has 2 bridgehead atoms. The monoisotopic (exact) mass is 473 g/mol. The third kappa shape index (κ3) is 3.77. The van der Waals surface area contributed by atoms with Crippen molar-refractivity contribution in [3.63, 3.8) is 0 Å². The van der Waals surface area contributed by atoms with Gasteiger partial charge in [0.05, 0.1) is 18.4 Å². The van der Waals surface area contributed by atoms with Crippen molar-refractivity contribution in [2.24, 2.45) is 23.2 Å². The number of nitrogens with one attached hydrogen (secondary N) is 2. The van der Waals surface area contributed by atoms with Gasteiger partial charge in [0.1, 0.15) is 4.47 Å². The van der Waals surface area contributed by atoms with E-state index in [0.717, 1.165) is 23.9 Å². The number of anilines is 1. The summed E-state index contributed by atoms with van der Waals surface area (Å²) in [6, 6.07) is 3.65. The molecule has 8 heteroatoms. The highest BCUT2D eigenvalue weighted by Crippen LogP contribution is 2.61. The second-order valence-electron chi connectivity index (χ2n) is 9.10. The molecule has 3 fully saturated rings. The zero-order chi connectivity index (χ0) is 21.5. The van der Waals surface area contributed by atoms with Gasteiger partial charge >= 0.3 is 0 Å². The van der Waals surface area contributed by atoms with Crippen LogP contribution in [0, 0.1) is 23.2 Å². The maximum absolute atomic E-state index is 12.7. The van der Waals surface area contributed by atoms with Crippen LogP contribution < -0.4 is 16.2 Å². The third-order valence-electron chi connectivity index (χ3n) is 7.23. The zero-order valence-electron chi connectivity index (χ0n) is 17.6. The first-order valence-corrected chi connectivity index (χ1v) is 11.3.